The average molecular weight is 356 g/mol. The lowest BCUT2D eigenvalue weighted by Crippen LogP contribution is -1.98. The summed E-state index contributed by atoms with van der Waals surface area (Å²) in [6.45, 7) is 2.29. The molecular weight excluding hydrogens is 340 g/mol. The first-order chi connectivity index (χ1) is 13.2. The van der Waals surface area contributed by atoms with Crippen molar-refractivity contribution >= 4 is 16.9 Å². The molecule has 132 valence electrons. The first kappa shape index (κ1) is 15.6. The predicted octanol–water partition coefficient (Wildman–Crippen LogP) is 3.98. The van der Waals surface area contributed by atoms with Gasteiger partial charge in [-0.25, -0.2) is 15.0 Å². The number of nitrogens with two attached hydrogens (primary N) is 1. The third-order valence-electron chi connectivity index (χ3n) is 4.66. The number of ether oxygens (including phenoxy) is 2. The lowest BCUT2D eigenvalue weighted by atomic mass is 9.99. The molecule has 0 radical (unpaired) electrons. The minimum absolute atomic E-state index is 0.232. The van der Waals surface area contributed by atoms with E-state index in [1.54, 1.807) is 0 Å². The number of rotatable bonds is 2. The van der Waals surface area contributed by atoms with Crippen LogP contribution < -0.4 is 15.2 Å². The summed E-state index contributed by atoms with van der Waals surface area (Å²) in [6.07, 6.45) is 1.44. The van der Waals surface area contributed by atoms with Gasteiger partial charge in [0.05, 0.1) is 11.1 Å². The SMILES string of the molecule is Cc1ccc(-c2cc(-c3ccc4c(c3)OCO4)c3c(N)ncnc3n2)cc1. The monoisotopic (exact) mass is 356 g/mol. The summed E-state index contributed by atoms with van der Waals surface area (Å²) in [7, 11) is 0. The lowest BCUT2D eigenvalue weighted by Gasteiger charge is -2.11. The van der Waals surface area contributed by atoms with Crippen LogP contribution in [0.1, 0.15) is 5.56 Å². The van der Waals surface area contributed by atoms with Crippen LogP contribution in [0.4, 0.5) is 5.82 Å². The maximum atomic E-state index is 6.17. The largest absolute Gasteiger partial charge is 0.454 e. The molecule has 4 aromatic rings. The molecule has 0 spiro atoms. The Balaban J connectivity index is 1.77. The van der Waals surface area contributed by atoms with Crippen molar-refractivity contribution in [2.24, 2.45) is 0 Å². The minimum Gasteiger partial charge on any atom is -0.454 e. The first-order valence-electron chi connectivity index (χ1n) is 8.57. The van der Waals surface area contributed by atoms with Crippen molar-refractivity contribution in [3.05, 3.63) is 60.4 Å². The molecule has 0 atom stereocenters. The lowest BCUT2D eigenvalue weighted by molar-refractivity contribution is 0.174. The highest BCUT2D eigenvalue weighted by Crippen LogP contribution is 2.39. The van der Waals surface area contributed by atoms with Crippen molar-refractivity contribution in [3.63, 3.8) is 0 Å². The first-order valence-corrected chi connectivity index (χ1v) is 8.57. The number of anilines is 1. The zero-order chi connectivity index (χ0) is 18.4. The van der Waals surface area contributed by atoms with E-state index >= 15 is 0 Å². The molecule has 0 aliphatic carbocycles. The van der Waals surface area contributed by atoms with Crippen molar-refractivity contribution in [3.8, 4) is 33.9 Å². The van der Waals surface area contributed by atoms with Crippen LogP contribution in [0.3, 0.4) is 0 Å². The molecule has 5 rings (SSSR count). The fourth-order valence-corrected chi connectivity index (χ4v) is 3.25. The van der Waals surface area contributed by atoms with Crippen LogP contribution in [0, 0.1) is 6.92 Å². The molecule has 6 heteroatoms. The zero-order valence-corrected chi connectivity index (χ0v) is 14.6. The molecule has 0 bridgehead atoms. The molecule has 3 heterocycles. The van der Waals surface area contributed by atoms with E-state index < -0.39 is 0 Å². The summed E-state index contributed by atoms with van der Waals surface area (Å²) in [6, 6.07) is 16.1. The van der Waals surface area contributed by atoms with Gasteiger partial charge in [-0.2, -0.15) is 0 Å². The quantitative estimate of drug-likeness (QED) is 0.585. The summed E-state index contributed by atoms with van der Waals surface area (Å²) in [5.41, 5.74) is 11.6. The van der Waals surface area contributed by atoms with E-state index in [1.165, 1.54) is 11.9 Å². The van der Waals surface area contributed by atoms with Gasteiger partial charge >= 0.3 is 0 Å². The minimum atomic E-state index is 0.232. The Morgan fingerprint density at radius 2 is 1.67 bits per heavy atom. The number of pyridine rings is 1. The maximum Gasteiger partial charge on any atom is 0.231 e. The van der Waals surface area contributed by atoms with Gasteiger partial charge in [0.2, 0.25) is 6.79 Å². The maximum absolute atomic E-state index is 6.17. The number of aromatic nitrogens is 3. The Kier molecular flexibility index (Phi) is 3.43. The Morgan fingerprint density at radius 1 is 0.889 bits per heavy atom. The summed E-state index contributed by atoms with van der Waals surface area (Å²) >= 11 is 0. The number of nitrogens with zero attached hydrogens (tertiary/aromatic N) is 3. The number of benzene rings is 2. The molecule has 0 saturated heterocycles. The van der Waals surface area contributed by atoms with Crippen molar-refractivity contribution in [2.75, 3.05) is 12.5 Å². The van der Waals surface area contributed by atoms with Crippen molar-refractivity contribution < 1.29 is 9.47 Å². The van der Waals surface area contributed by atoms with Gasteiger partial charge in [0.1, 0.15) is 12.1 Å². The number of hydrogen-bond donors (Lipinski definition) is 1. The average Bonchev–Trinajstić information content (AvgIpc) is 3.16. The second kappa shape index (κ2) is 5.95. The highest BCUT2D eigenvalue weighted by molar-refractivity contribution is 6.01. The number of fused-ring (bicyclic) bond motifs is 2. The second-order valence-electron chi connectivity index (χ2n) is 6.45. The molecule has 2 N–H and O–H groups in total. The van der Waals surface area contributed by atoms with Crippen LogP contribution in [0.5, 0.6) is 11.5 Å². The molecule has 0 amide bonds. The van der Waals surface area contributed by atoms with Crippen LogP contribution >= 0.6 is 0 Å². The molecule has 6 nitrogen and oxygen atoms in total. The van der Waals surface area contributed by atoms with Gasteiger partial charge in [-0.1, -0.05) is 35.9 Å². The normalized spacial score (nSPS) is 12.5. The second-order valence-corrected chi connectivity index (χ2v) is 6.45. The van der Waals surface area contributed by atoms with Crippen molar-refractivity contribution in [1.82, 2.24) is 15.0 Å². The zero-order valence-electron chi connectivity index (χ0n) is 14.6. The Morgan fingerprint density at radius 3 is 2.52 bits per heavy atom. The standard InChI is InChI=1S/C21H16N4O2/c1-12-2-4-13(5-3-12)16-9-15(19-20(22)23-10-24-21(19)25-16)14-6-7-17-18(8-14)27-11-26-17/h2-10H,11H2,1H3,(H2,22,23,24,25). The van der Waals surface area contributed by atoms with Gasteiger partial charge in [0.25, 0.3) is 0 Å². The molecule has 0 saturated carbocycles. The molecule has 0 unspecified atom stereocenters. The smallest absolute Gasteiger partial charge is 0.231 e. The van der Waals surface area contributed by atoms with Gasteiger partial charge in [0, 0.05) is 5.56 Å². The third kappa shape index (κ3) is 2.62. The summed E-state index contributed by atoms with van der Waals surface area (Å²) in [5, 5.41) is 0.729. The Labute approximate surface area is 155 Å². The van der Waals surface area contributed by atoms with Crippen LogP contribution in [-0.4, -0.2) is 21.7 Å². The van der Waals surface area contributed by atoms with E-state index in [0.29, 0.717) is 17.2 Å². The number of hydrogen-bond acceptors (Lipinski definition) is 6. The fourth-order valence-electron chi connectivity index (χ4n) is 3.25. The van der Waals surface area contributed by atoms with Gasteiger partial charge in [-0.15, -0.1) is 0 Å². The molecule has 27 heavy (non-hydrogen) atoms. The molecule has 2 aromatic carbocycles. The highest BCUT2D eigenvalue weighted by Gasteiger charge is 2.18. The summed E-state index contributed by atoms with van der Waals surface area (Å²) in [4.78, 5) is 13.2. The van der Waals surface area contributed by atoms with Gasteiger partial charge < -0.3 is 15.2 Å². The fraction of sp³-hybridized carbons (Fsp3) is 0.0952. The Hall–Kier alpha value is -3.67. The van der Waals surface area contributed by atoms with Gasteiger partial charge in [0.15, 0.2) is 17.1 Å². The number of nitrogen functional groups attached to an aromatic ring is 1. The molecule has 0 fully saturated rings. The molecule has 1 aliphatic heterocycles. The van der Waals surface area contributed by atoms with Crippen LogP contribution in [0.25, 0.3) is 33.4 Å². The third-order valence-corrected chi connectivity index (χ3v) is 4.66. The van der Waals surface area contributed by atoms with E-state index in [0.717, 1.165) is 33.5 Å². The van der Waals surface area contributed by atoms with Crippen molar-refractivity contribution in [2.45, 2.75) is 6.92 Å². The predicted molar refractivity (Wildman–Crippen MR) is 103 cm³/mol. The van der Waals surface area contributed by atoms with Gasteiger partial charge in [-0.05, 0) is 36.2 Å². The van der Waals surface area contributed by atoms with Gasteiger partial charge in [-0.3, -0.25) is 0 Å². The Bertz CT molecular complexity index is 1170. The number of aryl methyl sites for hydroxylation is 1. The molecular formula is C21H16N4O2. The van der Waals surface area contributed by atoms with Crippen LogP contribution in [-0.2, 0) is 0 Å². The molecule has 1 aliphatic rings. The summed E-state index contributed by atoms with van der Waals surface area (Å²) in [5.74, 6) is 1.85. The van der Waals surface area contributed by atoms with E-state index in [-0.39, 0.29) is 6.79 Å². The van der Waals surface area contributed by atoms with Crippen LogP contribution in [0.2, 0.25) is 0 Å². The van der Waals surface area contributed by atoms with E-state index in [9.17, 15) is 0 Å². The van der Waals surface area contributed by atoms with Crippen LogP contribution in [0.15, 0.2) is 54.9 Å². The topological polar surface area (TPSA) is 83.2 Å². The van der Waals surface area contributed by atoms with E-state index in [1.807, 2.05) is 24.3 Å². The van der Waals surface area contributed by atoms with E-state index in [4.69, 9.17) is 20.2 Å². The van der Waals surface area contributed by atoms with E-state index in [2.05, 4.69) is 41.2 Å². The van der Waals surface area contributed by atoms with Crippen molar-refractivity contribution in [1.29, 1.82) is 0 Å². The molecule has 2 aromatic heterocycles. The highest BCUT2D eigenvalue weighted by atomic mass is 16.7. The summed E-state index contributed by atoms with van der Waals surface area (Å²) < 4.78 is 11.0.